The molecule has 3 aromatic heterocycles. The van der Waals surface area contributed by atoms with E-state index in [-0.39, 0.29) is 24.6 Å². The first-order chi connectivity index (χ1) is 13.2. The Kier molecular flexibility index (Phi) is 6.02. The normalized spacial score (nSPS) is 12.0. The maximum Gasteiger partial charge on any atom is 0.144 e. The molecule has 7 heteroatoms. The Bertz CT molecular complexity index is 1100. The molecule has 1 atom stereocenters. The number of hydrogen-bond donors (Lipinski definition) is 1. The fourth-order valence-electron chi connectivity index (χ4n) is 3.21. The number of pyridine rings is 2. The Morgan fingerprint density at radius 1 is 1.11 bits per heavy atom. The molecule has 1 aromatic carbocycles. The number of halogens is 2. The third kappa shape index (κ3) is 3.74. The van der Waals surface area contributed by atoms with Gasteiger partial charge in [0.15, 0.2) is 0 Å². The molecular weight excluding hydrogens is 377 g/mol. The van der Waals surface area contributed by atoms with E-state index < -0.39 is 6.04 Å². The minimum atomic E-state index is -0.502. The molecule has 0 aliphatic carbocycles. The number of rotatable bonds is 5. The van der Waals surface area contributed by atoms with Gasteiger partial charge < -0.3 is 5.73 Å². The van der Waals surface area contributed by atoms with Crippen LogP contribution >= 0.6 is 12.4 Å². The second kappa shape index (κ2) is 8.46. The summed E-state index contributed by atoms with van der Waals surface area (Å²) >= 11 is 0. The number of aryl methyl sites for hydroxylation is 1. The van der Waals surface area contributed by atoms with E-state index in [0.717, 1.165) is 28.7 Å². The fraction of sp³-hybridized carbons (Fsp3) is 0.190. The van der Waals surface area contributed by atoms with Gasteiger partial charge in [0.25, 0.3) is 0 Å². The maximum atomic E-state index is 14.2. The molecule has 0 unspecified atom stereocenters. The summed E-state index contributed by atoms with van der Waals surface area (Å²) < 4.78 is 16.0. The molecule has 0 radical (unpaired) electrons. The summed E-state index contributed by atoms with van der Waals surface area (Å²) in [5.74, 6) is -0.343. The van der Waals surface area contributed by atoms with Gasteiger partial charge in [-0.05, 0) is 36.8 Å². The van der Waals surface area contributed by atoms with Crippen molar-refractivity contribution in [2.24, 2.45) is 5.73 Å². The Morgan fingerprint density at radius 2 is 1.93 bits per heavy atom. The molecule has 2 N–H and O–H groups in total. The number of aromatic nitrogens is 4. The van der Waals surface area contributed by atoms with Gasteiger partial charge in [-0.3, -0.25) is 9.97 Å². The van der Waals surface area contributed by atoms with E-state index >= 15 is 0 Å². The maximum absolute atomic E-state index is 14.2. The third-order valence-corrected chi connectivity index (χ3v) is 4.62. The van der Waals surface area contributed by atoms with E-state index in [0.29, 0.717) is 11.4 Å². The standard InChI is InChI=1S/C21H20FN5.ClH/c1-2-15-9-10-16(22)18(26-15)12-17(23)21-20(8-5-11-24-21)27-19-7-4-3-6-14(19)13-25-27;/h3-11,13,17H,2,12,23H2,1H3;1H/t17-;/m0./s1. The molecule has 4 aromatic rings. The molecule has 3 heterocycles. The summed E-state index contributed by atoms with van der Waals surface area (Å²) in [7, 11) is 0. The zero-order valence-electron chi connectivity index (χ0n) is 15.4. The largest absolute Gasteiger partial charge is 0.322 e. The molecule has 28 heavy (non-hydrogen) atoms. The van der Waals surface area contributed by atoms with E-state index in [1.54, 1.807) is 12.3 Å². The van der Waals surface area contributed by atoms with Crippen LogP contribution in [0.2, 0.25) is 0 Å². The van der Waals surface area contributed by atoms with Crippen molar-refractivity contribution in [2.45, 2.75) is 25.8 Å². The Balaban J connectivity index is 0.00000225. The molecule has 0 saturated heterocycles. The van der Waals surface area contributed by atoms with Gasteiger partial charge in [0.1, 0.15) is 5.82 Å². The van der Waals surface area contributed by atoms with Crippen molar-refractivity contribution in [3.8, 4) is 5.69 Å². The number of benzene rings is 1. The van der Waals surface area contributed by atoms with Crippen LogP contribution in [0.15, 0.2) is 60.9 Å². The summed E-state index contributed by atoms with van der Waals surface area (Å²) in [6.45, 7) is 1.99. The Labute approximate surface area is 168 Å². The molecule has 4 rings (SSSR count). The zero-order valence-corrected chi connectivity index (χ0v) is 16.2. The minimum Gasteiger partial charge on any atom is -0.322 e. The van der Waals surface area contributed by atoms with Crippen LogP contribution in [0.4, 0.5) is 4.39 Å². The van der Waals surface area contributed by atoms with Crippen molar-refractivity contribution in [1.82, 2.24) is 19.7 Å². The summed E-state index contributed by atoms with van der Waals surface area (Å²) in [6.07, 6.45) is 4.51. The number of fused-ring (bicyclic) bond motifs is 1. The molecule has 0 spiro atoms. The van der Waals surface area contributed by atoms with Crippen molar-refractivity contribution in [2.75, 3.05) is 0 Å². The van der Waals surface area contributed by atoms with Crippen molar-refractivity contribution >= 4 is 23.3 Å². The molecule has 0 bridgehead atoms. The smallest absolute Gasteiger partial charge is 0.144 e. The van der Waals surface area contributed by atoms with Gasteiger partial charge >= 0.3 is 0 Å². The van der Waals surface area contributed by atoms with Gasteiger partial charge in [0, 0.05) is 23.7 Å². The van der Waals surface area contributed by atoms with E-state index in [4.69, 9.17) is 5.73 Å². The summed E-state index contributed by atoms with van der Waals surface area (Å²) in [4.78, 5) is 8.87. The second-order valence-electron chi connectivity index (χ2n) is 6.42. The average Bonchev–Trinajstić information content (AvgIpc) is 3.13. The Morgan fingerprint density at radius 3 is 2.75 bits per heavy atom. The number of hydrogen-bond acceptors (Lipinski definition) is 4. The summed E-state index contributed by atoms with van der Waals surface area (Å²) in [5.41, 5.74) is 10.1. The van der Waals surface area contributed by atoms with Crippen LogP contribution in [0.25, 0.3) is 16.6 Å². The van der Waals surface area contributed by atoms with Crippen LogP contribution < -0.4 is 5.73 Å². The van der Waals surface area contributed by atoms with Crippen LogP contribution in [-0.4, -0.2) is 19.7 Å². The van der Waals surface area contributed by atoms with Crippen LogP contribution in [0, 0.1) is 5.82 Å². The molecule has 0 amide bonds. The van der Waals surface area contributed by atoms with Gasteiger partial charge in [-0.1, -0.05) is 25.1 Å². The Hall–Kier alpha value is -2.83. The average molecular weight is 398 g/mol. The van der Waals surface area contributed by atoms with Gasteiger partial charge in [0.2, 0.25) is 0 Å². The van der Waals surface area contributed by atoms with Gasteiger partial charge in [0.05, 0.1) is 34.8 Å². The minimum absolute atomic E-state index is 0. The van der Waals surface area contributed by atoms with E-state index in [2.05, 4.69) is 15.1 Å². The van der Waals surface area contributed by atoms with E-state index in [9.17, 15) is 4.39 Å². The third-order valence-electron chi connectivity index (χ3n) is 4.62. The SMILES string of the molecule is CCc1ccc(F)c(C[C@H](N)c2ncccc2-n2ncc3ccccc32)n1.Cl. The number of nitrogens with zero attached hydrogens (tertiary/aromatic N) is 4. The van der Waals surface area contributed by atoms with E-state index in [1.807, 2.05) is 54.2 Å². The predicted molar refractivity (Wildman–Crippen MR) is 110 cm³/mol. The first-order valence-corrected chi connectivity index (χ1v) is 8.95. The highest BCUT2D eigenvalue weighted by molar-refractivity contribution is 5.85. The van der Waals surface area contributed by atoms with Crippen LogP contribution in [-0.2, 0) is 12.8 Å². The fourth-order valence-corrected chi connectivity index (χ4v) is 3.21. The summed E-state index contributed by atoms with van der Waals surface area (Å²) in [6, 6.07) is 14.4. The lowest BCUT2D eigenvalue weighted by molar-refractivity contribution is 0.572. The topological polar surface area (TPSA) is 69.6 Å². The lowest BCUT2D eigenvalue weighted by Gasteiger charge is -2.16. The first-order valence-electron chi connectivity index (χ1n) is 8.95. The lowest BCUT2D eigenvalue weighted by Crippen LogP contribution is -2.19. The van der Waals surface area contributed by atoms with E-state index in [1.165, 1.54) is 6.07 Å². The monoisotopic (exact) mass is 397 g/mol. The summed E-state index contributed by atoms with van der Waals surface area (Å²) in [5, 5.41) is 5.52. The highest BCUT2D eigenvalue weighted by atomic mass is 35.5. The van der Waals surface area contributed by atoms with Crippen molar-refractivity contribution in [3.63, 3.8) is 0 Å². The van der Waals surface area contributed by atoms with Crippen molar-refractivity contribution in [3.05, 3.63) is 83.8 Å². The molecule has 0 aliphatic heterocycles. The van der Waals surface area contributed by atoms with Gasteiger partial charge in [-0.15, -0.1) is 12.4 Å². The highest BCUT2D eigenvalue weighted by Gasteiger charge is 2.19. The highest BCUT2D eigenvalue weighted by Crippen LogP contribution is 2.24. The lowest BCUT2D eigenvalue weighted by atomic mass is 10.0. The molecule has 144 valence electrons. The van der Waals surface area contributed by atoms with Crippen LogP contribution in [0.1, 0.15) is 30.0 Å². The molecule has 5 nitrogen and oxygen atoms in total. The van der Waals surface area contributed by atoms with Crippen molar-refractivity contribution < 1.29 is 4.39 Å². The molecule has 0 aliphatic rings. The quantitative estimate of drug-likeness (QED) is 0.548. The van der Waals surface area contributed by atoms with Gasteiger partial charge in [-0.2, -0.15) is 5.10 Å². The molecule has 0 saturated carbocycles. The first kappa shape index (κ1) is 19.9. The molecular formula is C21H21ClFN5. The van der Waals surface area contributed by atoms with Crippen LogP contribution in [0.3, 0.4) is 0 Å². The predicted octanol–water partition coefficient (Wildman–Crippen LogP) is 4.18. The van der Waals surface area contributed by atoms with Crippen molar-refractivity contribution in [1.29, 1.82) is 0 Å². The second-order valence-corrected chi connectivity index (χ2v) is 6.42. The zero-order chi connectivity index (χ0) is 18.8. The molecule has 0 fully saturated rings. The van der Waals surface area contributed by atoms with Gasteiger partial charge in [-0.25, -0.2) is 9.07 Å². The number of para-hydroxylation sites is 1. The van der Waals surface area contributed by atoms with Crippen LogP contribution in [0.5, 0.6) is 0 Å². The number of nitrogens with two attached hydrogens (primary N) is 1.